The van der Waals surface area contributed by atoms with E-state index in [-0.39, 0.29) is 5.91 Å². The molecular formula is C12H14N2O. The van der Waals surface area contributed by atoms with Crippen molar-refractivity contribution in [1.82, 2.24) is 10.3 Å². The van der Waals surface area contributed by atoms with Crippen molar-refractivity contribution in [3.05, 3.63) is 30.1 Å². The molecule has 0 atom stereocenters. The molecule has 1 amide bonds. The van der Waals surface area contributed by atoms with Crippen LogP contribution in [0, 0.1) is 12.3 Å². The van der Waals surface area contributed by atoms with E-state index in [4.69, 9.17) is 6.42 Å². The topological polar surface area (TPSA) is 42.0 Å². The SMILES string of the molecule is C#CCCCCNC(=O)c1cccnc1. The number of amides is 1. The summed E-state index contributed by atoms with van der Waals surface area (Å²) in [4.78, 5) is 15.4. The van der Waals surface area contributed by atoms with Crippen LogP contribution < -0.4 is 5.32 Å². The fourth-order valence-corrected chi connectivity index (χ4v) is 1.15. The molecule has 0 radical (unpaired) electrons. The average molecular weight is 202 g/mol. The Morgan fingerprint density at radius 3 is 3.07 bits per heavy atom. The van der Waals surface area contributed by atoms with E-state index in [1.165, 1.54) is 0 Å². The number of aromatic nitrogens is 1. The van der Waals surface area contributed by atoms with E-state index in [2.05, 4.69) is 16.2 Å². The average Bonchev–Trinajstić information content (AvgIpc) is 2.30. The number of carbonyl (C=O) groups excluding carboxylic acids is 1. The first kappa shape index (κ1) is 11.3. The molecule has 0 spiro atoms. The van der Waals surface area contributed by atoms with E-state index in [1.54, 1.807) is 24.5 Å². The molecule has 0 bridgehead atoms. The number of nitrogens with one attached hydrogen (secondary N) is 1. The summed E-state index contributed by atoms with van der Waals surface area (Å²) >= 11 is 0. The third kappa shape index (κ3) is 4.28. The lowest BCUT2D eigenvalue weighted by Gasteiger charge is -2.03. The van der Waals surface area contributed by atoms with Gasteiger partial charge in [-0.3, -0.25) is 9.78 Å². The van der Waals surface area contributed by atoms with Crippen molar-refractivity contribution in [2.45, 2.75) is 19.3 Å². The molecule has 1 rings (SSSR count). The molecular weight excluding hydrogens is 188 g/mol. The summed E-state index contributed by atoms with van der Waals surface area (Å²) in [5.74, 6) is 2.48. The summed E-state index contributed by atoms with van der Waals surface area (Å²) in [6.07, 6.45) is 10.9. The Balaban J connectivity index is 2.23. The molecule has 3 heteroatoms. The number of rotatable bonds is 5. The molecule has 0 fully saturated rings. The molecule has 78 valence electrons. The van der Waals surface area contributed by atoms with Gasteiger partial charge < -0.3 is 5.32 Å². The van der Waals surface area contributed by atoms with Crippen molar-refractivity contribution in [2.24, 2.45) is 0 Å². The normalized spacial score (nSPS) is 9.27. The van der Waals surface area contributed by atoms with E-state index in [0.29, 0.717) is 12.1 Å². The van der Waals surface area contributed by atoms with Crippen molar-refractivity contribution in [3.8, 4) is 12.3 Å². The number of hydrogen-bond donors (Lipinski definition) is 1. The van der Waals surface area contributed by atoms with Crippen molar-refractivity contribution in [1.29, 1.82) is 0 Å². The van der Waals surface area contributed by atoms with Gasteiger partial charge in [-0.1, -0.05) is 0 Å². The minimum Gasteiger partial charge on any atom is -0.352 e. The van der Waals surface area contributed by atoms with Crippen molar-refractivity contribution in [3.63, 3.8) is 0 Å². The van der Waals surface area contributed by atoms with Gasteiger partial charge in [-0.2, -0.15) is 0 Å². The monoisotopic (exact) mass is 202 g/mol. The van der Waals surface area contributed by atoms with E-state index < -0.39 is 0 Å². The number of carbonyl (C=O) groups is 1. The Morgan fingerprint density at radius 1 is 1.53 bits per heavy atom. The highest BCUT2D eigenvalue weighted by molar-refractivity contribution is 5.93. The molecule has 0 aromatic carbocycles. The lowest BCUT2D eigenvalue weighted by Crippen LogP contribution is -2.24. The summed E-state index contributed by atoms with van der Waals surface area (Å²) in [7, 11) is 0. The lowest BCUT2D eigenvalue weighted by molar-refractivity contribution is 0.0952. The predicted molar refractivity (Wildman–Crippen MR) is 59.3 cm³/mol. The van der Waals surface area contributed by atoms with Crippen molar-refractivity contribution < 1.29 is 4.79 Å². The highest BCUT2D eigenvalue weighted by Crippen LogP contribution is 1.96. The van der Waals surface area contributed by atoms with Gasteiger partial charge in [-0.05, 0) is 25.0 Å². The summed E-state index contributed by atoms with van der Waals surface area (Å²) in [6.45, 7) is 0.662. The van der Waals surface area contributed by atoms with Gasteiger partial charge in [0.2, 0.25) is 0 Å². The molecule has 1 aromatic heterocycles. The largest absolute Gasteiger partial charge is 0.352 e. The number of pyridine rings is 1. The van der Waals surface area contributed by atoms with E-state index in [0.717, 1.165) is 19.3 Å². The standard InChI is InChI=1S/C12H14N2O/c1-2-3-4-5-9-14-12(15)11-7-6-8-13-10-11/h1,6-8,10H,3-5,9H2,(H,14,15). The van der Waals surface area contributed by atoms with Gasteiger partial charge in [0.05, 0.1) is 5.56 Å². The van der Waals surface area contributed by atoms with Crippen LogP contribution in [-0.4, -0.2) is 17.4 Å². The number of hydrogen-bond acceptors (Lipinski definition) is 2. The van der Waals surface area contributed by atoms with Crippen LogP contribution in [0.1, 0.15) is 29.6 Å². The Morgan fingerprint density at radius 2 is 2.40 bits per heavy atom. The number of terminal acetylenes is 1. The molecule has 15 heavy (non-hydrogen) atoms. The van der Waals surface area contributed by atoms with Gasteiger partial charge in [-0.25, -0.2) is 0 Å². The Labute approximate surface area is 89.9 Å². The van der Waals surface area contributed by atoms with Crippen LogP contribution in [-0.2, 0) is 0 Å². The second-order valence-corrected chi connectivity index (χ2v) is 3.16. The second kappa shape index (κ2) is 6.61. The molecule has 0 aliphatic rings. The number of nitrogens with zero attached hydrogens (tertiary/aromatic N) is 1. The van der Waals surface area contributed by atoms with E-state index >= 15 is 0 Å². The Bertz CT molecular complexity index is 340. The number of unbranched alkanes of at least 4 members (excludes halogenated alkanes) is 2. The maximum Gasteiger partial charge on any atom is 0.252 e. The van der Waals surface area contributed by atoms with Gasteiger partial charge in [0.1, 0.15) is 0 Å². The third-order valence-electron chi connectivity index (χ3n) is 1.96. The van der Waals surface area contributed by atoms with E-state index in [9.17, 15) is 4.79 Å². The maximum atomic E-state index is 11.5. The zero-order valence-electron chi connectivity index (χ0n) is 8.57. The fraction of sp³-hybridized carbons (Fsp3) is 0.333. The molecule has 3 nitrogen and oxygen atoms in total. The third-order valence-corrected chi connectivity index (χ3v) is 1.96. The second-order valence-electron chi connectivity index (χ2n) is 3.16. The van der Waals surface area contributed by atoms with Gasteiger partial charge in [0.15, 0.2) is 0 Å². The van der Waals surface area contributed by atoms with Crippen LogP contribution in [0.2, 0.25) is 0 Å². The zero-order chi connectivity index (χ0) is 10.9. The minimum absolute atomic E-state index is 0.0798. The van der Waals surface area contributed by atoms with Crippen molar-refractivity contribution in [2.75, 3.05) is 6.54 Å². The minimum atomic E-state index is -0.0798. The van der Waals surface area contributed by atoms with Crippen molar-refractivity contribution >= 4 is 5.91 Å². The summed E-state index contributed by atoms with van der Waals surface area (Å²) in [6, 6.07) is 3.48. The molecule has 0 saturated carbocycles. The highest BCUT2D eigenvalue weighted by Gasteiger charge is 2.02. The first-order valence-electron chi connectivity index (χ1n) is 4.96. The lowest BCUT2D eigenvalue weighted by atomic mass is 10.2. The van der Waals surface area contributed by atoms with Gasteiger partial charge in [0, 0.05) is 25.4 Å². The molecule has 1 aromatic rings. The first-order chi connectivity index (χ1) is 7.34. The highest BCUT2D eigenvalue weighted by atomic mass is 16.1. The first-order valence-corrected chi connectivity index (χ1v) is 4.96. The summed E-state index contributed by atoms with van der Waals surface area (Å²) in [5, 5.41) is 2.81. The molecule has 1 N–H and O–H groups in total. The quantitative estimate of drug-likeness (QED) is 0.582. The Kier molecular flexibility index (Phi) is 4.96. The van der Waals surface area contributed by atoms with Crippen LogP contribution in [0.4, 0.5) is 0 Å². The maximum absolute atomic E-state index is 11.5. The molecule has 0 aliphatic heterocycles. The Hall–Kier alpha value is -1.82. The molecule has 0 aliphatic carbocycles. The molecule has 0 saturated heterocycles. The van der Waals surface area contributed by atoms with Crippen LogP contribution in [0.5, 0.6) is 0 Å². The molecule has 0 unspecified atom stereocenters. The van der Waals surface area contributed by atoms with Crippen LogP contribution >= 0.6 is 0 Å². The predicted octanol–water partition coefficient (Wildman–Crippen LogP) is 1.61. The smallest absolute Gasteiger partial charge is 0.252 e. The fourth-order valence-electron chi connectivity index (χ4n) is 1.15. The molecule has 1 heterocycles. The summed E-state index contributed by atoms with van der Waals surface area (Å²) in [5.41, 5.74) is 0.592. The zero-order valence-corrected chi connectivity index (χ0v) is 8.57. The van der Waals surface area contributed by atoms with Gasteiger partial charge >= 0.3 is 0 Å². The van der Waals surface area contributed by atoms with Crippen LogP contribution in [0.25, 0.3) is 0 Å². The van der Waals surface area contributed by atoms with E-state index in [1.807, 2.05) is 0 Å². The van der Waals surface area contributed by atoms with Gasteiger partial charge in [0.25, 0.3) is 5.91 Å². The summed E-state index contributed by atoms with van der Waals surface area (Å²) < 4.78 is 0. The van der Waals surface area contributed by atoms with Crippen LogP contribution in [0.15, 0.2) is 24.5 Å². The van der Waals surface area contributed by atoms with Gasteiger partial charge in [-0.15, -0.1) is 12.3 Å². The van der Waals surface area contributed by atoms with Crippen LogP contribution in [0.3, 0.4) is 0 Å².